The minimum Gasteiger partial charge on any atom is -0.475 e. The Morgan fingerprint density at radius 3 is 2.69 bits per heavy atom. The first-order valence-electron chi connectivity index (χ1n) is 11.3. The summed E-state index contributed by atoms with van der Waals surface area (Å²) in [7, 11) is 0. The van der Waals surface area contributed by atoms with Gasteiger partial charge in [0.15, 0.2) is 0 Å². The molecule has 1 fully saturated rings. The molecule has 0 spiro atoms. The molecule has 2 N–H and O–H groups in total. The molecular weight excluding hydrogens is 495 g/mol. The maximum absolute atomic E-state index is 13.9. The molecule has 0 bridgehead atoms. The molecule has 1 aromatic carbocycles. The van der Waals surface area contributed by atoms with Crippen LogP contribution in [-0.4, -0.2) is 38.9 Å². The third-order valence-electron chi connectivity index (χ3n) is 6.65. The number of rotatable bonds is 4. The number of nitrogens with two attached hydrogens (primary N) is 1. The van der Waals surface area contributed by atoms with E-state index in [-0.39, 0.29) is 29.0 Å². The van der Waals surface area contributed by atoms with Crippen LogP contribution in [0, 0.1) is 5.92 Å². The average molecular weight is 514 g/mol. The van der Waals surface area contributed by atoms with Gasteiger partial charge >= 0.3 is 6.18 Å². The lowest BCUT2D eigenvalue weighted by Gasteiger charge is -2.29. The molecule has 0 unspecified atom stereocenters. The van der Waals surface area contributed by atoms with Gasteiger partial charge in [0.25, 0.3) is 5.91 Å². The Morgan fingerprint density at radius 1 is 1.14 bits per heavy atom. The summed E-state index contributed by atoms with van der Waals surface area (Å²) in [6, 6.07) is 6.69. The molecular formula is C25H19ClF3N5O2. The SMILES string of the molecule is Nc1nc2cc(Cl)c(C(=O)N(CC3CC3)[C@@H]3COc4nc(C(F)(F)F)ccc43)cc2c2cnccc12. The molecule has 1 atom stereocenters. The number of carbonyl (C=O) groups excluding carboxylic acids is 1. The fourth-order valence-corrected chi connectivity index (χ4v) is 4.86. The van der Waals surface area contributed by atoms with Crippen LogP contribution in [0.25, 0.3) is 21.7 Å². The lowest BCUT2D eigenvalue weighted by Crippen LogP contribution is -2.37. The molecule has 1 saturated carbocycles. The highest BCUT2D eigenvalue weighted by Gasteiger charge is 2.40. The van der Waals surface area contributed by atoms with Gasteiger partial charge in [-0.3, -0.25) is 9.78 Å². The van der Waals surface area contributed by atoms with Crippen molar-refractivity contribution in [3.05, 3.63) is 64.6 Å². The first-order chi connectivity index (χ1) is 17.2. The molecule has 184 valence electrons. The van der Waals surface area contributed by atoms with Crippen molar-refractivity contribution in [3.63, 3.8) is 0 Å². The topological polar surface area (TPSA) is 94.2 Å². The number of hydrogen-bond donors (Lipinski definition) is 1. The summed E-state index contributed by atoms with van der Waals surface area (Å²) in [5.41, 5.74) is 6.29. The van der Waals surface area contributed by atoms with Crippen LogP contribution >= 0.6 is 11.6 Å². The minimum absolute atomic E-state index is 0.0121. The van der Waals surface area contributed by atoms with Crippen LogP contribution < -0.4 is 10.5 Å². The standard InChI is InChI=1S/C25H19ClF3N5O2/c26-18-8-19-15(17-9-31-6-5-13(17)22(30)32-19)7-16(18)24(35)34(10-12-1-2-12)20-11-36-23-14(20)3-4-21(33-23)25(27,28)29/h3-9,12,20H,1-2,10-11H2,(H2,30,32)/t20-/m1/s1. The van der Waals surface area contributed by atoms with E-state index < -0.39 is 17.9 Å². The van der Waals surface area contributed by atoms with Gasteiger partial charge in [-0.1, -0.05) is 11.6 Å². The highest BCUT2D eigenvalue weighted by atomic mass is 35.5. The van der Waals surface area contributed by atoms with Crippen molar-refractivity contribution in [3.8, 4) is 5.88 Å². The van der Waals surface area contributed by atoms with Gasteiger partial charge in [-0.2, -0.15) is 13.2 Å². The van der Waals surface area contributed by atoms with Gasteiger partial charge in [0.1, 0.15) is 18.1 Å². The van der Waals surface area contributed by atoms with Crippen LogP contribution in [0.2, 0.25) is 5.02 Å². The summed E-state index contributed by atoms with van der Waals surface area (Å²) in [6.45, 7) is 0.447. The van der Waals surface area contributed by atoms with Gasteiger partial charge < -0.3 is 15.4 Å². The Kier molecular flexibility index (Phi) is 5.18. The monoisotopic (exact) mass is 513 g/mol. The van der Waals surface area contributed by atoms with Crippen LogP contribution in [0.5, 0.6) is 5.88 Å². The van der Waals surface area contributed by atoms with Crippen molar-refractivity contribution in [1.82, 2.24) is 19.9 Å². The Balaban J connectivity index is 1.43. The number of hydrogen-bond acceptors (Lipinski definition) is 6. The van der Waals surface area contributed by atoms with Crippen LogP contribution in [-0.2, 0) is 6.18 Å². The molecule has 0 saturated heterocycles. The largest absolute Gasteiger partial charge is 0.475 e. The van der Waals surface area contributed by atoms with Crippen LogP contribution in [0.1, 0.15) is 40.5 Å². The number of alkyl halides is 3. The van der Waals surface area contributed by atoms with Crippen molar-refractivity contribution >= 4 is 45.0 Å². The molecule has 36 heavy (non-hydrogen) atoms. The quantitative estimate of drug-likeness (QED) is 0.366. The molecule has 1 amide bonds. The third-order valence-corrected chi connectivity index (χ3v) is 6.96. The lowest BCUT2D eigenvalue weighted by atomic mass is 10.0. The molecule has 4 heterocycles. The van der Waals surface area contributed by atoms with E-state index in [1.54, 1.807) is 35.5 Å². The zero-order chi connectivity index (χ0) is 25.2. The fraction of sp³-hybridized carbons (Fsp3) is 0.280. The molecule has 6 rings (SSSR count). The predicted octanol–water partition coefficient (Wildman–Crippen LogP) is 5.42. The van der Waals surface area contributed by atoms with Crippen LogP contribution in [0.4, 0.5) is 19.0 Å². The molecule has 3 aromatic heterocycles. The summed E-state index contributed by atoms with van der Waals surface area (Å²) in [6.07, 6.45) is 0.626. The Morgan fingerprint density at radius 2 is 1.94 bits per heavy atom. The smallest absolute Gasteiger partial charge is 0.433 e. The van der Waals surface area contributed by atoms with Gasteiger partial charge in [0.05, 0.1) is 22.1 Å². The number of nitrogens with zero attached hydrogens (tertiary/aromatic N) is 4. The maximum atomic E-state index is 13.9. The third kappa shape index (κ3) is 3.85. The lowest BCUT2D eigenvalue weighted by molar-refractivity contribution is -0.141. The van der Waals surface area contributed by atoms with Crippen molar-refractivity contribution in [2.24, 2.45) is 5.92 Å². The normalized spacial score (nSPS) is 17.3. The number of fused-ring (bicyclic) bond motifs is 4. The van der Waals surface area contributed by atoms with Gasteiger partial charge in [0.2, 0.25) is 5.88 Å². The Hall–Kier alpha value is -3.66. The van der Waals surface area contributed by atoms with Crippen molar-refractivity contribution in [1.29, 1.82) is 0 Å². The van der Waals surface area contributed by atoms with E-state index >= 15 is 0 Å². The summed E-state index contributed by atoms with van der Waals surface area (Å²) < 4.78 is 44.9. The Bertz CT molecular complexity index is 1540. The van der Waals surface area contributed by atoms with E-state index in [1.807, 2.05) is 0 Å². The first-order valence-corrected chi connectivity index (χ1v) is 11.7. The van der Waals surface area contributed by atoms with Crippen LogP contribution in [0.3, 0.4) is 0 Å². The van der Waals surface area contributed by atoms with E-state index in [9.17, 15) is 18.0 Å². The second-order valence-electron chi connectivity index (χ2n) is 9.08. The van der Waals surface area contributed by atoms with Crippen molar-refractivity contribution < 1.29 is 22.7 Å². The maximum Gasteiger partial charge on any atom is 0.433 e. The van der Waals surface area contributed by atoms with Gasteiger partial charge in [-0.05, 0) is 49.1 Å². The van der Waals surface area contributed by atoms with Gasteiger partial charge in [-0.15, -0.1) is 0 Å². The molecule has 1 aliphatic carbocycles. The van der Waals surface area contributed by atoms with E-state index in [0.29, 0.717) is 40.1 Å². The number of pyridine rings is 3. The second-order valence-corrected chi connectivity index (χ2v) is 9.49. The molecule has 11 heteroatoms. The summed E-state index contributed by atoms with van der Waals surface area (Å²) in [5, 5.41) is 2.31. The highest BCUT2D eigenvalue weighted by Crippen LogP contribution is 2.41. The Labute approximate surface area is 208 Å². The number of nitrogen functional groups attached to an aromatic ring is 1. The number of amides is 1. The number of ether oxygens (including phenoxy) is 1. The molecule has 1 aliphatic heterocycles. The minimum atomic E-state index is -4.59. The zero-order valence-electron chi connectivity index (χ0n) is 18.7. The summed E-state index contributed by atoms with van der Waals surface area (Å²) in [4.78, 5) is 27.8. The molecule has 2 aliphatic rings. The number of anilines is 1. The second kappa shape index (κ2) is 8.19. The fourth-order valence-electron chi connectivity index (χ4n) is 4.63. The predicted molar refractivity (Wildman–Crippen MR) is 128 cm³/mol. The average Bonchev–Trinajstić information content (AvgIpc) is 3.58. The molecule has 7 nitrogen and oxygen atoms in total. The van der Waals surface area contributed by atoms with Gasteiger partial charge in [-0.25, -0.2) is 9.97 Å². The molecule has 0 radical (unpaired) electrons. The van der Waals surface area contributed by atoms with Gasteiger partial charge in [0, 0.05) is 40.7 Å². The zero-order valence-corrected chi connectivity index (χ0v) is 19.5. The van der Waals surface area contributed by atoms with Crippen molar-refractivity contribution in [2.75, 3.05) is 18.9 Å². The van der Waals surface area contributed by atoms with Crippen LogP contribution in [0.15, 0.2) is 42.7 Å². The number of carbonyl (C=O) groups is 1. The summed E-state index contributed by atoms with van der Waals surface area (Å²) in [5.74, 6) is 0.191. The number of halogens is 4. The summed E-state index contributed by atoms with van der Waals surface area (Å²) >= 11 is 6.56. The van der Waals surface area contributed by atoms with E-state index in [1.165, 1.54) is 6.07 Å². The highest BCUT2D eigenvalue weighted by molar-refractivity contribution is 6.35. The van der Waals surface area contributed by atoms with E-state index in [2.05, 4.69) is 15.0 Å². The van der Waals surface area contributed by atoms with E-state index in [4.69, 9.17) is 22.1 Å². The molecule has 4 aromatic rings. The number of benzene rings is 1. The van der Waals surface area contributed by atoms with E-state index in [0.717, 1.165) is 24.3 Å². The number of aromatic nitrogens is 3. The van der Waals surface area contributed by atoms with Crippen molar-refractivity contribution in [2.45, 2.75) is 25.1 Å². The first kappa shape index (κ1) is 22.8.